The molecule has 12 atom stereocenters. The molecule has 2 saturated heterocycles. The van der Waals surface area contributed by atoms with E-state index in [-0.39, 0.29) is 74.5 Å². The number of hydrogen-bond acceptors (Lipinski definition) is 19. The maximum Gasteiger partial charge on any atom is 0.404 e. The number of carbonyl (C=O) groups excluding carboxylic acids is 6. The van der Waals surface area contributed by atoms with Gasteiger partial charge in [-0.25, -0.2) is 9.79 Å². The van der Waals surface area contributed by atoms with Crippen LogP contribution in [0.4, 0.5) is 4.79 Å². The number of β-amino-alcohol motifs (C(OH)–C–C–N with tert-alkyl or cyclic N) is 1. The first-order valence-electron chi connectivity index (χ1n) is 21.3. The first-order valence-corrected chi connectivity index (χ1v) is 21.3. The first kappa shape index (κ1) is 51.9. The molecule has 0 aliphatic carbocycles. The van der Waals surface area contributed by atoms with Gasteiger partial charge in [0.05, 0.1) is 12.1 Å². The summed E-state index contributed by atoms with van der Waals surface area (Å²) < 4.78 is 10.6. The second-order valence-electron chi connectivity index (χ2n) is 16.1. The third-order valence-electron chi connectivity index (χ3n) is 10.6. The van der Waals surface area contributed by atoms with Crippen LogP contribution in [0.2, 0.25) is 0 Å². The van der Waals surface area contributed by atoms with Crippen molar-refractivity contribution >= 4 is 41.6 Å². The largest absolute Gasteiger partial charge is 0.447 e. The molecule has 22 N–H and O–H groups in total. The molecule has 7 unspecified atom stereocenters. The summed E-state index contributed by atoms with van der Waals surface area (Å²) in [4.78, 5) is 77.6. The molecule has 3 heterocycles. The van der Waals surface area contributed by atoms with Crippen LogP contribution in [0, 0.1) is 0 Å². The molecule has 25 heteroatoms. The quantitative estimate of drug-likeness (QED) is 0.0341. The van der Waals surface area contributed by atoms with E-state index < -0.39 is 85.4 Å². The molecule has 6 amide bonds. The first-order chi connectivity index (χ1) is 29.5. The average Bonchev–Trinajstić information content (AvgIpc) is 3.64. The highest BCUT2D eigenvalue weighted by molar-refractivity contribution is 5.92. The molecule has 0 bridgehead atoms. The molecule has 25 nitrogen and oxygen atoms in total. The van der Waals surface area contributed by atoms with Crippen LogP contribution in [-0.2, 0) is 33.4 Å². The molecule has 0 aromatic rings. The third kappa shape index (κ3) is 18.5. The Bertz CT molecular complexity index is 1500. The van der Waals surface area contributed by atoms with Crippen LogP contribution in [0.1, 0.15) is 77.0 Å². The van der Waals surface area contributed by atoms with Crippen molar-refractivity contribution in [2.24, 2.45) is 39.4 Å². The van der Waals surface area contributed by atoms with Gasteiger partial charge in [0.2, 0.25) is 29.5 Å². The molecule has 0 aromatic carbocycles. The zero-order valence-corrected chi connectivity index (χ0v) is 35.2. The van der Waals surface area contributed by atoms with Gasteiger partial charge in [0, 0.05) is 76.0 Å². The molecule has 3 aliphatic heterocycles. The van der Waals surface area contributed by atoms with Gasteiger partial charge < -0.3 is 96.4 Å². The number of fused-ring (bicyclic) bond motifs is 1. The molecule has 3 aliphatic rings. The van der Waals surface area contributed by atoms with E-state index in [9.17, 15) is 44.1 Å². The molecule has 0 aromatic heterocycles. The lowest BCUT2D eigenvalue weighted by Crippen LogP contribution is -2.69. The number of ether oxygens (including phenoxy) is 2. The number of hydrogen-bond donors (Lipinski definition) is 16. The number of primary amides is 1. The predicted octanol–water partition coefficient (Wildman–Crippen LogP) is -6.91. The Labute approximate surface area is 360 Å². The Morgan fingerprint density at radius 1 is 0.758 bits per heavy atom. The number of nitrogens with one attached hydrogen (secondary N) is 7. The van der Waals surface area contributed by atoms with Gasteiger partial charge in [0.1, 0.15) is 31.0 Å². The van der Waals surface area contributed by atoms with Gasteiger partial charge in [0.25, 0.3) is 0 Å². The summed E-state index contributed by atoms with van der Waals surface area (Å²) in [5.74, 6) is -1.57. The number of aliphatic hydroxyl groups is 3. The monoisotopic (exact) mass is 887 g/mol. The van der Waals surface area contributed by atoms with Gasteiger partial charge in [-0.1, -0.05) is 0 Å². The van der Waals surface area contributed by atoms with Crippen molar-refractivity contribution in [2.75, 3.05) is 39.3 Å². The van der Waals surface area contributed by atoms with Gasteiger partial charge >= 0.3 is 6.09 Å². The normalized spacial score (nSPS) is 26.3. The van der Waals surface area contributed by atoms with E-state index in [2.05, 4.69) is 42.2 Å². The van der Waals surface area contributed by atoms with Crippen LogP contribution < -0.4 is 71.6 Å². The SMILES string of the molecule is NCCCC(N)CC(=O)NCCCC(N)CC(=O)NCCCC(N)CC(=O)NCCCC(N)CC(=O)N[C@@H]1[C@H](O)[C@@H](O)[C@@H](COC(N)=O)O[C@H]1NC1=NC2C(=O)NCC(O)C2N1. The molecular weight excluding hydrogens is 816 g/mol. The molecule has 354 valence electrons. The van der Waals surface area contributed by atoms with Gasteiger partial charge in [-0.15, -0.1) is 0 Å². The van der Waals surface area contributed by atoms with Crippen molar-refractivity contribution < 1.29 is 53.6 Å². The highest BCUT2D eigenvalue weighted by Crippen LogP contribution is 2.22. The summed E-state index contributed by atoms with van der Waals surface area (Å²) >= 11 is 0. The Hall–Kier alpha value is -4.47. The minimum atomic E-state index is -1.64. The Morgan fingerprint density at radius 2 is 1.24 bits per heavy atom. The zero-order valence-electron chi connectivity index (χ0n) is 35.2. The summed E-state index contributed by atoms with van der Waals surface area (Å²) in [6.45, 7) is 1.12. The number of rotatable bonds is 27. The third-order valence-corrected chi connectivity index (χ3v) is 10.6. The lowest BCUT2D eigenvalue weighted by atomic mass is 9.95. The molecule has 0 radical (unpaired) electrons. The van der Waals surface area contributed by atoms with Crippen LogP contribution >= 0.6 is 0 Å². The van der Waals surface area contributed by atoms with Gasteiger partial charge in [-0.3, -0.25) is 24.0 Å². The van der Waals surface area contributed by atoms with E-state index in [1.54, 1.807) is 0 Å². The summed E-state index contributed by atoms with van der Waals surface area (Å²) in [5.41, 5.74) is 34.8. The van der Waals surface area contributed by atoms with Crippen LogP contribution in [0.5, 0.6) is 0 Å². The van der Waals surface area contributed by atoms with Crippen molar-refractivity contribution in [3.63, 3.8) is 0 Å². The number of amides is 6. The number of nitrogens with two attached hydrogens (primary N) is 6. The predicted molar refractivity (Wildman–Crippen MR) is 224 cm³/mol. The molecule has 2 fully saturated rings. The van der Waals surface area contributed by atoms with Crippen molar-refractivity contribution in [2.45, 2.75) is 150 Å². The van der Waals surface area contributed by atoms with Crippen LogP contribution in [0.25, 0.3) is 0 Å². The molecule has 0 spiro atoms. The van der Waals surface area contributed by atoms with Gasteiger partial charge in [-0.05, 0) is 57.9 Å². The fourth-order valence-corrected chi connectivity index (χ4v) is 7.20. The van der Waals surface area contributed by atoms with Crippen molar-refractivity contribution in [1.29, 1.82) is 0 Å². The van der Waals surface area contributed by atoms with Crippen molar-refractivity contribution in [3.05, 3.63) is 0 Å². The maximum atomic E-state index is 13.1. The lowest BCUT2D eigenvalue weighted by molar-refractivity contribution is -0.198. The average molecular weight is 887 g/mol. The summed E-state index contributed by atoms with van der Waals surface area (Å²) in [5, 5.41) is 51.4. The molecular formula is C37H70N14O11. The summed E-state index contributed by atoms with van der Waals surface area (Å²) in [6.07, 6.45) is -3.15. The van der Waals surface area contributed by atoms with Crippen LogP contribution in [0.3, 0.4) is 0 Å². The second kappa shape index (κ2) is 26.9. The summed E-state index contributed by atoms with van der Waals surface area (Å²) in [6, 6.07) is -4.65. The van der Waals surface area contributed by atoms with E-state index in [1.165, 1.54) is 0 Å². The maximum absolute atomic E-state index is 13.1. The number of nitrogens with zero attached hydrogens (tertiary/aromatic N) is 1. The standard InChI is InChI=1S/C37H70N14O11/c38-9-1-5-19(39)13-25(53)44-10-2-6-20(40)14-26(54)45-11-3-7-21(41)15-27(55)46-12-4-8-22(42)16-28(56)48-31-33(58)32(57)24(18-61-36(43)60)62-35(31)51-37-49-29-23(52)17-47-34(59)30(29)50-37/h19-24,29-33,35,52,57-58H,1-18,38-42H2,(H2,43,60)(H,44,53)(H,45,54)(H,46,55)(H,47,59)(H,48,56)(H2,49,50,51)/t19?,20?,21?,22?,23?,24-,29?,30?,31-,32+,33+,35-/m1/s1. The van der Waals surface area contributed by atoms with Crippen molar-refractivity contribution in [1.82, 2.24) is 37.2 Å². The minimum Gasteiger partial charge on any atom is -0.447 e. The zero-order chi connectivity index (χ0) is 45.8. The van der Waals surface area contributed by atoms with Crippen LogP contribution in [-0.4, -0.2) is 169 Å². The summed E-state index contributed by atoms with van der Waals surface area (Å²) in [7, 11) is 0. The molecule has 3 rings (SSSR count). The number of aliphatic hydroxyl groups excluding tert-OH is 3. The fourth-order valence-electron chi connectivity index (χ4n) is 7.20. The highest BCUT2D eigenvalue weighted by Gasteiger charge is 2.48. The fraction of sp³-hybridized carbons (Fsp3) is 0.811. The smallest absolute Gasteiger partial charge is 0.404 e. The van der Waals surface area contributed by atoms with E-state index in [1.807, 2.05) is 0 Å². The molecule has 62 heavy (non-hydrogen) atoms. The van der Waals surface area contributed by atoms with E-state index in [4.69, 9.17) is 43.9 Å². The van der Waals surface area contributed by atoms with Crippen molar-refractivity contribution in [3.8, 4) is 0 Å². The Kier molecular flexibility index (Phi) is 22.5. The van der Waals surface area contributed by atoms with E-state index >= 15 is 0 Å². The minimum absolute atomic E-state index is 0.00971. The van der Waals surface area contributed by atoms with Gasteiger partial charge in [-0.2, -0.15) is 0 Å². The highest BCUT2D eigenvalue weighted by atomic mass is 16.6. The van der Waals surface area contributed by atoms with Gasteiger partial charge in [0.15, 0.2) is 18.2 Å². The van der Waals surface area contributed by atoms with E-state index in [0.717, 1.165) is 6.42 Å². The Balaban J connectivity index is 1.30. The van der Waals surface area contributed by atoms with E-state index in [0.29, 0.717) is 64.6 Å². The number of aliphatic imine (C=N–C) groups is 1. The topological polar surface area (TPSA) is 434 Å². The second-order valence-corrected chi connectivity index (χ2v) is 16.1. The molecule has 0 saturated carbocycles. The lowest BCUT2D eigenvalue weighted by Gasteiger charge is -2.43. The number of piperidine rings is 1. The number of guanidine groups is 1. The Morgan fingerprint density at radius 3 is 1.71 bits per heavy atom. The van der Waals surface area contributed by atoms with Crippen LogP contribution in [0.15, 0.2) is 4.99 Å². The number of carbonyl (C=O) groups is 6.